The molecule has 1 aliphatic heterocycles. The number of phenols is 1. The Labute approximate surface area is 175 Å². The van der Waals surface area contributed by atoms with Crippen molar-refractivity contribution in [3.63, 3.8) is 0 Å². The van der Waals surface area contributed by atoms with Crippen LogP contribution >= 0.6 is 0 Å². The molecule has 162 valence electrons. The number of carbonyl (C=O) groups is 1. The Bertz CT molecular complexity index is 869. The minimum absolute atomic E-state index is 0.177. The second-order valence-corrected chi connectivity index (χ2v) is 9.17. The van der Waals surface area contributed by atoms with Gasteiger partial charge in [0.1, 0.15) is 6.10 Å². The lowest BCUT2D eigenvalue weighted by Gasteiger charge is -2.55. The molecule has 4 aliphatic rings. The highest BCUT2D eigenvalue weighted by Gasteiger charge is 2.65. The van der Waals surface area contributed by atoms with Crippen molar-refractivity contribution in [3.8, 4) is 11.5 Å². The number of hydrogen-bond donors (Lipinski definition) is 3. The maximum absolute atomic E-state index is 12.5. The predicted octanol–water partition coefficient (Wildman–Crippen LogP) is 3.17. The van der Waals surface area contributed by atoms with E-state index in [-0.39, 0.29) is 29.7 Å². The average molecular weight is 415 g/mol. The van der Waals surface area contributed by atoms with E-state index in [1.54, 1.807) is 11.7 Å². The fourth-order valence-corrected chi connectivity index (χ4v) is 6.38. The Morgan fingerprint density at radius 1 is 1.33 bits per heavy atom. The minimum atomic E-state index is -0.462. The average Bonchev–Trinajstić information content (AvgIpc) is 3.09. The first-order valence-corrected chi connectivity index (χ1v) is 11.0. The van der Waals surface area contributed by atoms with Crippen molar-refractivity contribution in [1.29, 1.82) is 0 Å². The van der Waals surface area contributed by atoms with E-state index in [0.29, 0.717) is 43.0 Å². The van der Waals surface area contributed by atoms with Crippen molar-refractivity contribution in [2.45, 2.75) is 63.1 Å². The molecule has 3 aliphatic carbocycles. The number of allylic oxidation sites excluding steroid dienone is 1. The number of phenolic OH excluding ortho intramolecular Hbond substituents is 1. The zero-order chi connectivity index (χ0) is 20.9. The van der Waals surface area contributed by atoms with Crippen LogP contribution in [0.5, 0.6) is 11.5 Å². The summed E-state index contributed by atoms with van der Waals surface area (Å²) in [4.78, 5) is 17.1. The third-order valence-electron chi connectivity index (χ3n) is 7.71. The summed E-state index contributed by atoms with van der Waals surface area (Å²) >= 11 is 0. The minimum Gasteiger partial charge on any atom is -0.504 e. The second kappa shape index (κ2) is 7.55. The SMILES string of the molecule is C[C@@H]1CC[C@]23c4c5ccc(O)c4O[C@H]2C(OC(=O)CCCCONO)C=CC3[C@H]1C5. The number of nitrogens with one attached hydrogen (secondary N) is 1. The molecule has 6 atom stereocenters. The van der Waals surface area contributed by atoms with Crippen molar-refractivity contribution in [1.82, 2.24) is 5.64 Å². The van der Waals surface area contributed by atoms with Crippen molar-refractivity contribution < 1.29 is 29.4 Å². The van der Waals surface area contributed by atoms with Crippen LogP contribution in [0.2, 0.25) is 0 Å². The molecule has 7 heteroatoms. The van der Waals surface area contributed by atoms with Gasteiger partial charge in [-0.2, -0.15) is 0 Å². The van der Waals surface area contributed by atoms with Gasteiger partial charge in [-0.15, -0.1) is 0 Å². The fraction of sp³-hybridized carbons (Fsp3) is 0.609. The summed E-state index contributed by atoms with van der Waals surface area (Å²) in [6.45, 7) is 2.66. The van der Waals surface area contributed by atoms with Crippen LogP contribution in [0.1, 0.15) is 50.2 Å². The summed E-state index contributed by atoms with van der Waals surface area (Å²) in [5, 5.41) is 18.9. The molecule has 1 aromatic rings. The van der Waals surface area contributed by atoms with Gasteiger partial charge in [-0.3, -0.25) is 14.8 Å². The topological polar surface area (TPSA) is 97.2 Å². The molecule has 1 saturated carbocycles. The second-order valence-electron chi connectivity index (χ2n) is 9.17. The van der Waals surface area contributed by atoms with E-state index in [4.69, 9.17) is 14.7 Å². The van der Waals surface area contributed by atoms with Crippen LogP contribution < -0.4 is 10.4 Å². The van der Waals surface area contributed by atoms with Gasteiger partial charge in [0.2, 0.25) is 0 Å². The first-order chi connectivity index (χ1) is 14.6. The zero-order valence-corrected chi connectivity index (χ0v) is 17.2. The molecule has 1 spiro atoms. The molecule has 0 saturated heterocycles. The smallest absolute Gasteiger partial charge is 0.306 e. The molecule has 1 heterocycles. The van der Waals surface area contributed by atoms with Crippen LogP contribution in [-0.4, -0.2) is 35.1 Å². The predicted molar refractivity (Wildman–Crippen MR) is 107 cm³/mol. The van der Waals surface area contributed by atoms with Gasteiger partial charge in [-0.05, 0) is 67.6 Å². The Kier molecular flexibility index (Phi) is 5.00. The summed E-state index contributed by atoms with van der Waals surface area (Å²) in [6.07, 6.45) is 8.13. The van der Waals surface area contributed by atoms with Gasteiger partial charge >= 0.3 is 5.97 Å². The highest BCUT2D eigenvalue weighted by atomic mass is 16.8. The maximum Gasteiger partial charge on any atom is 0.306 e. The van der Waals surface area contributed by atoms with Crippen LogP contribution in [-0.2, 0) is 26.2 Å². The Morgan fingerprint density at radius 3 is 3.03 bits per heavy atom. The van der Waals surface area contributed by atoms with Gasteiger partial charge in [0.05, 0.1) is 6.61 Å². The molecule has 1 fully saturated rings. The molecule has 0 amide bonds. The van der Waals surface area contributed by atoms with E-state index in [1.807, 2.05) is 12.1 Å². The van der Waals surface area contributed by atoms with E-state index in [1.165, 1.54) is 5.56 Å². The summed E-state index contributed by atoms with van der Waals surface area (Å²) in [5.74, 6) is 2.02. The summed E-state index contributed by atoms with van der Waals surface area (Å²) in [7, 11) is 0. The van der Waals surface area contributed by atoms with Crippen molar-refractivity contribution >= 4 is 5.97 Å². The molecule has 3 N–H and O–H groups in total. The van der Waals surface area contributed by atoms with Gasteiger partial charge in [0, 0.05) is 17.4 Å². The van der Waals surface area contributed by atoms with Gasteiger partial charge in [0.25, 0.3) is 0 Å². The molecule has 2 bridgehead atoms. The maximum atomic E-state index is 12.5. The van der Waals surface area contributed by atoms with E-state index in [9.17, 15) is 9.90 Å². The van der Waals surface area contributed by atoms with Gasteiger partial charge in [-0.1, -0.05) is 24.7 Å². The van der Waals surface area contributed by atoms with Crippen LogP contribution in [0.4, 0.5) is 0 Å². The number of esters is 1. The van der Waals surface area contributed by atoms with E-state index >= 15 is 0 Å². The summed E-state index contributed by atoms with van der Waals surface area (Å²) in [6, 6.07) is 3.78. The quantitative estimate of drug-likeness (QED) is 0.272. The molecule has 30 heavy (non-hydrogen) atoms. The monoisotopic (exact) mass is 415 g/mol. The number of carbonyl (C=O) groups excluding carboxylic acids is 1. The molecule has 5 rings (SSSR count). The van der Waals surface area contributed by atoms with Crippen molar-refractivity contribution in [2.24, 2.45) is 17.8 Å². The molecular weight excluding hydrogens is 386 g/mol. The molecular formula is C23H29NO6. The van der Waals surface area contributed by atoms with Gasteiger partial charge in [0.15, 0.2) is 17.6 Å². The lowest BCUT2D eigenvalue weighted by molar-refractivity contribution is -0.155. The largest absolute Gasteiger partial charge is 0.504 e. The number of hydrogen-bond acceptors (Lipinski definition) is 7. The van der Waals surface area contributed by atoms with Crippen LogP contribution in [0, 0.1) is 17.8 Å². The van der Waals surface area contributed by atoms with E-state index < -0.39 is 6.10 Å². The van der Waals surface area contributed by atoms with Gasteiger partial charge < -0.3 is 14.6 Å². The van der Waals surface area contributed by atoms with Crippen LogP contribution in [0.15, 0.2) is 24.3 Å². The summed E-state index contributed by atoms with van der Waals surface area (Å²) in [5.41, 5.74) is 3.84. The third-order valence-corrected chi connectivity index (χ3v) is 7.71. The van der Waals surface area contributed by atoms with Crippen LogP contribution in [0.25, 0.3) is 0 Å². The highest BCUT2D eigenvalue weighted by molar-refractivity contribution is 5.70. The number of benzene rings is 1. The molecule has 0 radical (unpaired) electrons. The molecule has 1 aromatic carbocycles. The molecule has 0 aromatic heterocycles. The lowest BCUT2D eigenvalue weighted by atomic mass is 9.48. The fourth-order valence-electron chi connectivity index (χ4n) is 6.38. The number of aromatic hydroxyl groups is 1. The zero-order valence-electron chi connectivity index (χ0n) is 17.2. The Hall–Kier alpha value is -2.09. The number of ether oxygens (including phenoxy) is 2. The van der Waals surface area contributed by atoms with Crippen molar-refractivity contribution in [2.75, 3.05) is 6.61 Å². The van der Waals surface area contributed by atoms with Crippen molar-refractivity contribution in [3.05, 3.63) is 35.4 Å². The van der Waals surface area contributed by atoms with Crippen LogP contribution in [0.3, 0.4) is 0 Å². The van der Waals surface area contributed by atoms with E-state index in [2.05, 4.69) is 17.8 Å². The first-order valence-electron chi connectivity index (χ1n) is 11.0. The van der Waals surface area contributed by atoms with E-state index in [0.717, 1.165) is 24.8 Å². The Morgan fingerprint density at radius 2 is 2.20 bits per heavy atom. The highest BCUT2D eigenvalue weighted by Crippen LogP contribution is 2.65. The molecule has 2 unspecified atom stereocenters. The number of unbranched alkanes of at least 4 members (excludes halogenated alkanes) is 1. The number of rotatable bonds is 7. The third kappa shape index (κ3) is 2.87. The standard InChI is InChI=1S/C23H29NO6/c1-13-9-10-23-16-6-8-18(29-19(26)4-2-3-11-28-24-27)22(23)30-21-17(25)7-5-14(20(21)23)12-15(13)16/h5-8,13,15-16,18,22,24-25,27H,2-4,9-12H2,1H3/t13-,15+,16?,18?,22+,23+/m1/s1. The van der Waals surface area contributed by atoms with Gasteiger partial charge in [-0.25, -0.2) is 0 Å². The molecule has 7 nitrogen and oxygen atoms in total. The lowest BCUT2D eigenvalue weighted by Crippen LogP contribution is -2.60. The normalized spacial score (nSPS) is 34.9. The first kappa shape index (κ1) is 19.8. The summed E-state index contributed by atoms with van der Waals surface area (Å²) < 4.78 is 12.3. The Balaban J connectivity index is 1.40.